The van der Waals surface area contributed by atoms with E-state index in [0.29, 0.717) is 5.56 Å². The van der Waals surface area contributed by atoms with Crippen LogP contribution in [-0.4, -0.2) is 19.3 Å². The number of nitrogens with two attached hydrogens (primary N) is 1. The molecule has 9 nitrogen and oxygen atoms in total. The van der Waals surface area contributed by atoms with Crippen molar-refractivity contribution in [1.29, 1.82) is 0 Å². The minimum atomic E-state index is -0.542. The highest BCUT2D eigenvalue weighted by Crippen LogP contribution is 2.27. The molecule has 100 valence electrons. The molecule has 19 heavy (non-hydrogen) atoms. The first kappa shape index (κ1) is 12.8. The molecule has 0 aliphatic rings. The third-order valence-corrected chi connectivity index (χ3v) is 2.68. The number of hydrazine groups is 1. The summed E-state index contributed by atoms with van der Waals surface area (Å²) in [5, 5.41) is 14.8. The molecule has 2 aromatic rings. The van der Waals surface area contributed by atoms with Gasteiger partial charge in [-0.15, -0.1) is 0 Å². The van der Waals surface area contributed by atoms with E-state index in [4.69, 9.17) is 5.84 Å². The summed E-state index contributed by atoms with van der Waals surface area (Å²) < 4.78 is 2.51. The van der Waals surface area contributed by atoms with Gasteiger partial charge in [-0.1, -0.05) is 12.1 Å². The van der Waals surface area contributed by atoms with Crippen LogP contribution in [-0.2, 0) is 13.6 Å². The Bertz CT molecular complexity index is 674. The molecule has 3 N–H and O–H groups in total. The van der Waals surface area contributed by atoms with Crippen molar-refractivity contribution in [3.63, 3.8) is 0 Å². The van der Waals surface area contributed by atoms with Crippen LogP contribution in [0, 0.1) is 10.1 Å². The average Bonchev–Trinajstić information content (AvgIpc) is 2.70. The third-order valence-electron chi connectivity index (χ3n) is 2.68. The van der Waals surface area contributed by atoms with Crippen LogP contribution in [0.4, 0.5) is 11.4 Å². The fraction of sp³-hybridized carbons (Fsp3) is 0.200. The van der Waals surface area contributed by atoms with E-state index in [1.165, 1.54) is 27.7 Å². The SMILES string of the molecule is Cn1cnn(Cc2cccc([N+](=O)[O-])c2NN)c1=O. The van der Waals surface area contributed by atoms with Crippen molar-refractivity contribution in [2.45, 2.75) is 6.54 Å². The first-order valence-electron chi connectivity index (χ1n) is 5.36. The number of hydrogen-bond donors (Lipinski definition) is 2. The Morgan fingerprint density at radius 2 is 2.26 bits per heavy atom. The van der Waals surface area contributed by atoms with Gasteiger partial charge in [-0.3, -0.25) is 20.5 Å². The molecule has 1 aromatic carbocycles. The van der Waals surface area contributed by atoms with E-state index < -0.39 is 4.92 Å². The molecular weight excluding hydrogens is 252 g/mol. The van der Waals surface area contributed by atoms with E-state index >= 15 is 0 Å². The van der Waals surface area contributed by atoms with Crippen LogP contribution >= 0.6 is 0 Å². The Hall–Kier alpha value is -2.68. The fourth-order valence-corrected chi connectivity index (χ4v) is 1.73. The molecule has 2 rings (SSSR count). The summed E-state index contributed by atoms with van der Waals surface area (Å²) in [4.78, 5) is 22.0. The van der Waals surface area contributed by atoms with Crippen LogP contribution in [0.1, 0.15) is 5.56 Å². The smallest absolute Gasteiger partial charge is 0.318 e. The fourth-order valence-electron chi connectivity index (χ4n) is 1.73. The van der Waals surface area contributed by atoms with Gasteiger partial charge in [0.2, 0.25) is 0 Å². The maximum absolute atomic E-state index is 11.7. The maximum Gasteiger partial charge on any atom is 0.345 e. The predicted molar refractivity (Wildman–Crippen MR) is 67.5 cm³/mol. The first-order valence-corrected chi connectivity index (χ1v) is 5.36. The molecule has 0 atom stereocenters. The van der Waals surface area contributed by atoms with Crippen molar-refractivity contribution in [1.82, 2.24) is 14.3 Å². The average molecular weight is 264 g/mol. The van der Waals surface area contributed by atoms with Gasteiger partial charge in [0.1, 0.15) is 12.0 Å². The van der Waals surface area contributed by atoms with E-state index in [1.807, 2.05) is 0 Å². The van der Waals surface area contributed by atoms with Gasteiger partial charge in [0.15, 0.2) is 0 Å². The lowest BCUT2D eigenvalue weighted by atomic mass is 10.1. The number of nitrogens with zero attached hydrogens (tertiary/aromatic N) is 4. The number of anilines is 1. The van der Waals surface area contributed by atoms with Gasteiger partial charge in [-0.2, -0.15) is 5.10 Å². The van der Waals surface area contributed by atoms with Gasteiger partial charge in [-0.05, 0) is 0 Å². The number of nitrogen functional groups attached to an aromatic ring is 1. The summed E-state index contributed by atoms with van der Waals surface area (Å²) in [5.41, 5.74) is 2.52. The Balaban J connectivity index is 2.46. The highest BCUT2D eigenvalue weighted by molar-refractivity contribution is 5.65. The highest BCUT2D eigenvalue weighted by Gasteiger charge is 2.17. The lowest BCUT2D eigenvalue weighted by Gasteiger charge is -2.08. The first-order chi connectivity index (χ1) is 9.04. The van der Waals surface area contributed by atoms with Gasteiger partial charge in [0.05, 0.1) is 11.5 Å². The second kappa shape index (κ2) is 4.90. The van der Waals surface area contributed by atoms with Crippen molar-refractivity contribution in [3.8, 4) is 0 Å². The molecule has 0 aliphatic carbocycles. The zero-order valence-electron chi connectivity index (χ0n) is 10.1. The van der Waals surface area contributed by atoms with Crippen molar-refractivity contribution in [2.75, 3.05) is 5.43 Å². The minimum Gasteiger partial charge on any atom is -0.318 e. The number of hydrogen-bond acceptors (Lipinski definition) is 6. The highest BCUT2D eigenvalue weighted by atomic mass is 16.6. The molecule has 0 saturated carbocycles. The lowest BCUT2D eigenvalue weighted by Crippen LogP contribution is -2.24. The standard InChI is InChI=1S/C10H12N6O3/c1-14-6-12-15(10(14)17)5-7-3-2-4-8(16(18)19)9(7)13-11/h2-4,6,13H,5,11H2,1H3. The van der Waals surface area contributed by atoms with Crippen molar-refractivity contribution < 1.29 is 4.92 Å². The van der Waals surface area contributed by atoms with E-state index in [-0.39, 0.29) is 23.6 Å². The van der Waals surface area contributed by atoms with Crippen LogP contribution in [0.15, 0.2) is 29.3 Å². The van der Waals surface area contributed by atoms with Gasteiger partial charge in [-0.25, -0.2) is 9.48 Å². The molecule has 0 fully saturated rings. The van der Waals surface area contributed by atoms with Gasteiger partial charge in [0.25, 0.3) is 5.69 Å². The summed E-state index contributed by atoms with van der Waals surface area (Å²) in [5.74, 6) is 5.32. The number of aromatic nitrogens is 3. The van der Waals surface area contributed by atoms with Crippen molar-refractivity contribution in [3.05, 3.63) is 50.7 Å². The Morgan fingerprint density at radius 1 is 1.53 bits per heavy atom. The summed E-state index contributed by atoms with van der Waals surface area (Å²) >= 11 is 0. The zero-order valence-corrected chi connectivity index (χ0v) is 10.1. The molecule has 0 aliphatic heterocycles. The molecule has 1 heterocycles. The van der Waals surface area contributed by atoms with E-state index in [1.54, 1.807) is 13.1 Å². The molecule has 0 radical (unpaired) electrons. The van der Waals surface area contributed by atoms with Crippen molar-refractivity contribution >= 4 is 11.4 Å². The number of nitro groups is 1. The van der Waals surface area contributed by atoms with Crippen molar-refractivity contribution in [2.24, 2.45) is 12.9 Å². The van der Waals surface area contributed by atoms with Crippen LogP contribution in [0.2, 0.25) is 0 Å². The zero-order chi connectivity index (χ0) is 14.0. The quantitative estimate of drug-likeness (QED) is 0.449. The molecular formula is C10H12N6O3. The second-order valence-electron chi connectivity index (χ2n) is 3.89. The summed E-state index contributed by atoms with van der Waals surface area (Å²) in [6, 6.07) is 4.51. The Kier molecular flexibility index (Phi) is 3.29. The molecule has 1 aromatic heterocycles. The van der Waals surface area contributed by atoms with E-state index in [9.17, 15) is 14.9 Å². The second-order valence-corrected chi connectivity index (χ2v) is 3.89. The number of nitro benzene ring substituents is 1. The maximum atomic E-state index is 11.7. The number of rotatable bonds is 4. The van der Waals surface area contributed by atoms with Gasteiger partial charge in [0, 0.05) is 18.7 Å². The summed E-state index contributed by atoms with van der Waals surface area (Å²) in [7, 11) is 1.57. The summed E-state index contributed by atoms with van der Waals surface area (Å²) in [6.07, 6.45) is 1.37. The normalized spacial score (nSPS) is 10.4. The van der Waals surface area contributed by atoms with E-state index in [0.717, 1.165) is 0 Å². The predicted octanol–water partition coefficient (Wildman–Crippen LogP) is -0.176. The van der Waals surface area contributed by atoms with Crippen LogP contribution < -0.4 is 17.0 Å². The largest absolute Gasteiger partial charge is 0.345 e. The Morgan fingerprint density at radius 3 is 2.79 bits per heavy atom. The lowest BCUT2D eigenvalue weighted by molar-refractivity contribution is -0.384. The molecule has 0 saturated heterocycles. The number of benzene rings is 1. The molecule has 9 heteroatoms. The number of para-hydroxylation sites is 1. The summed E-state index contributed by atoms with van der Waals surface area (Å²) in [6.45, 7) is 0.0981. The molecule has 0 spiro atoms. The van der Waals surface area contributed by atoms with Crippen LogP contribution in [0.25, 0.3) is 0 Å². The number of nitrogens with one attached hydrogen (secondary N) is 1. The topological polar surface area (TPSA) is 121 Å². The van der Waals surface area contributed by atoms with E-state index in [2.05, 4.69) is 10.5 Å². The monoisotopic (exact) mass is 264 g/mol. The van der Waals surface area contributed by atoms with Gasteiger partial charge < -0.3 is 5.43 Å². The minimum absolute atomic E-state index is 0.0981. The molecule has 0 unspecified atom stereocenters. The molecule has 0 amide bonds. The molecule has 0 bridgehead atoms. The van der Waals surface area contributed by atoms with Crippen LogP contribution in [0.5, 0.6) is 0 Å². The Labute approximate surface area is 107 Å². The van der Waals surface area contributed by atoms with Gasteiger partial charge >= 0.3 is 5.69 Å². The number of aryl methyl sites for hydroxylation is 1. The third kappa shape index (κ3) is 2.31. The van der Waals surface area contributed by atoms with Crippen LogP contribution in [0.3, 0.4) is 0 Å².